The quantitative estimate of drug-likeness (QED) is 0.673. The first-order chi connectivity index (χ1) is 10.9. The summed E-state index contributed by atoms with van der Waals surface area (Å²) in [6.07, 6.45) is 0. The first kappa shape index (κ1) is 16.8. The zero-order chi connectivity index (χ0) is 17.0. The number of hydrogen-bond acceptors (Lipinski definition) is 5. The zero-order valence-corrected chi connectivity index (χ0v) is 13.3. The Balaban J connectivity index is 1.90. The fourth-order valence-corrected chi connectivity index (χ4v) is 2.54. The minimum atomic E-state index is -0.706. The van der Waals surface area contributed by atoms with E-state index in [1.165, 1.54) is 31.2 Å². The maximum absolute atomic E-state index is 13.6. The van der Waals surface area contributed by atoms with E-state index in [-0.39, 0.29) is 16.3 Å². The minimum absolute atomic E-state index is 0.0200. The van der Waals surface area contributed by atoms with Gasteiger partial charge in [-0.2, -0.15) is 0 Å². The molecule has 0 aliphatic heterocycles. The van der Waals surface area contributed by atoms with E-state index in [1.807, 2.05) is 0 Å². The molecular formula is C16H14FNO4S. The largest absolute Gasteiger partial charge is 0.451 e. The van der Waals surface area contributed by atoms with Gasteiger partial charge in [0.1, 0.15) is 10.7 Å². The van der Waals surface area contributed by atoms with Gasteiger partial charge in [0.05, 0.1) is 10.6 Å². The number of esters is 1. The summed E-state index contributed by atoms with van der Waals surface area (Å²) < 4.78 is 18.4. The van der Waals surface area contributed by atoms with Gasteiger partial charge in [0.15, 0.2) is 12.4 Å². The molecule has 0 saturated heterocycles. The van der Waals surface area contributed by atoms with Crippen LogP contribution in [0.15, 0.2) is 30.3 Å². The molecule has 120 valence electrons. The third-order valence-corrected chi connectivity index (χ3v) is 4.05. The summed E-state index contributed by atoms with van der Waals surface area (Å²) in [7, 11) is 0. The Morgan fingerprint density at radius 2 is 1.87 bits per heavy atom. The van der Waals surface area contributed by atoms with Crippen molar-refractivity contribution in [2.24, 2.45) is 0 Å². The molecule has 0 bridgehead atoms. The Morgan fingerprint density at radius 1 is 1.17 bits per heavy atom. The number of ether oxygens (including phenoxy) is 1. The summed E-state index contributed by atoms with van der Waals surface area (Å²) in [5.74, 6) is -2.07. The number of rotatable bonds is 5. The number of carbonyl (C=O) groups is 3. The van der Waals surface area contributed by atoms with Gasteiger partial charge in [0.25, 0.3) is 5.91 Å². The highest BCUT2D eigenvalue weighted by atomic mass is 32.1. The summed E-state index contributed by atoms with van der Waals surface area (Å²) in [6.45, 7) is 2.58. The zero-order valence-electron chi connectivity index (χ0n) is 12.5. The van der Waals surface area contributed by atoms with Crippen molar-refractivity contribution >= 4 is 34.7 Å². The van der Waals surface area contributed by atoms with Gasteiger partial charge >= 0.3 is 5.97 Å². The SMILES string of the molecule is CC(=O)c1ccc(C(=O)OCC(=O)Nc2ccc(C)cc2F)s1. The molecular weight excluding hydrogens is 321 g/mol. The second kappa shape index (κ2) is 7.15. The molecule has 0 aliphatic carbocycles. The van der Waals surface area contributed by atoms with Crippen LogP contribution in [0.4, 0.5) is 10.1 Å². The van der Waals surface area contributed by atoms with E-state index in [2.05, 4.69) is 5.32 Å². The van der Waals surface area contributed by atoms with Gasteiger partial charge in [-0.1, -0.05) is 6.07 Å². The molecule has 1 aromatic heterocycles. The average molecular weight is 335 g/mol. The van der Waals surface area contributed by atoms with Gasteiger partial charge < -0.3 is 10.1 Å². The highest BCUT2D eigenvalue weighted by molar-refractivity contribution is 7.15. The van der Waals surface area contributed by atoms with Crippen LogP contribution >= 0.6 is 11.3 Å². The lowest BCUT2D eigenvalue weighted by molar-refractivity contribution is -0.119. The van der Waals surface area contributed by atoms with Crippen LogP contribution in [0.5, 0.6) is 0 Å². The van der Waals surface area contributed by atoms with Crippen LogP contribution in [0.2, 0.25) is 0 Å². The van der Waals surface area contributed by atoms with Crippen LogP contribution in [-0.2, 0) is 9.53 Å². The summed E-state index contributed by atoms with van der Waals surface area (Å²) in [5.41, 5.74) is 0.748. The minimum Gasteiger partial charge on any atom is -0.451 e. The fraction of sp³-hybridized carbons (Fsp3) is 0.188. The Kier molecular flexibility index (Phi) is 5.23. The number of benzene rings is 1. The van der Waals surface area contributed by atoms with Gasteiger partial charge in [-0.05, 0) is 43.7 Å². The first-order valence-electron chi connectivity index (χ1n) is 6.70. The van der Waals surface area contributed by atoms with Gasteiger partial charge in [0, 0.05) is 0 Å². The number of thiophene rings is 1. The lowest BCUT2D eigenvalue weighted by Gasteiger charge is -2.07. The van der Waals surface area contributed by atoms with E-state index >= 15 is 0 Å². The van der Waals surface area contributed by atoms with Crippen molar-refractivity contribution in [1.82, 2.24) is 0 Å². The number of hydrogen-bond donors (Lipinski definition) is 1. The number of nitrogens with one attached hydrogen (secondary N) is 1. The highest BCUT2D eigenvalue weighted by Crippen LogP contribution is 2.18. The Hall–Kier alpha value is -2.54. The molecule has 0 radical (unpaired) electrons. The molecule has 1 N–H and O–H groups in total. The van der Waals surface area contributed by atoms with E-state index in [1.54, 1.807) is 13.0 Å². The standard InChI is InChI=1S/C16H14FNO4S/c1-9-3-4-12(11(17)7-9)18-15(20)8-22-16(21)14-6-5-13(23-14)10(2)19/h3-7H,8H2,1-2H3,(H,18,20). The molecule has 1 heterocycles. The van der Waals surface area contributed by atoms with Crippen molar-refractivity contribution in [2.75, 3.05) is 11.9 Å². The second-order valence-electron chi connectivity index (χ2n) is 4.83. The number of amides is 1. The number of carbonyl (C=O) groups excluding carboxylic acids is 3. The molecule has 0 spiro atoms. The van der Waals surface area contributed by atoms with E-state index in [4.69, 9.17) is 4.74 Å². The van der Waals surface area contributed by atoms with Crippen LogP contribution in [0.1, 0.15) is 31.8 Å². The summed E-state index contributed by atoms with van der Waals surface area (Å²) >= 11 is 0.993. The van der Waals surface area contributed by atoms with E-state index in [0.717, 1.165) is 16.9 Å². The predicted molar refractivity (Wildman–Crippen MR) is 84.4 cm³/mol. The van der Waals surface area contributed by atoms with Crippen molar-refractivity contribution in [3.63, 3.8) is 0 Å². The third-order valence-electron chi connectivity index (χ3n) is 2.89. The summed E-state index contributed by atoms with van der Waals surface area (Å²) in [6, 6.07) is 7.35. The smallest absolute Gasteiger partial charge is 0.348 e. The van der Waals surface area contributed by atoms with Gasteiger partial charge in [-0.3, -0.25) is 9.59 Å². The number of aryl methyl sites for hydroxylation is 1. The van der Waals surface area contributed by atoms with Crippen LogP contribution in [0, 0.1) is 12.7 Å². The van der Waals surface area contributed by atoms with Crippen molar-refractivity contribution in [2.45, 2.75) is 13.8 Å². The topological polar surface area (TPSA) is 72.5 Å². The lowest BCUT2D eigenvalue weighted by Crippen LogP contribution is -2.21. The normalized spacial score (nSPS) is 10.2. The molecule has 5 nitrogen and oxygen atoms in total. The number of Topliss-reactive ketones (excluding diaryl/α,β-unsaturated/α-hetero) is 1. The van der Waals surface area contributed by atoms with Crippen LogP contribution < -0.4 is 5.32 Å². The van der Waals surface area contributed by atoms with Gasteiger partial charge in [0.2, 0.25) is 0 Å². The van der Waals surface area contributed by atoms with Crippen molar-refractivity contribution < 1.29 is 23.5 Å². The second-order valence-corrected chi connectivity index (χ2v) is 5.91. The molecule has 0 unspecified atom stereocenters. The Bertz CT molecular complexity index is 769. The summed E-state index contributed by atoms with van der Waals surface area (Å²) in [5, 5.41) is 2.33. The Labute approximate surface area is 136 Å². The molecule has 1 amide bonds. The summed E-state index contributed by atoms with van der Waals surface area (Å²) in [4.78, 5) is 35.3. The van der Waals surface area contributed by atoms with Crippen LogP contribution in [0.3, 0.4) is 0 Å². The predicted octanol–water partition coefficient (Wildman–Crippen LogP) is 3.19. The maximum Gasteiger partial charge on any atom is 0.348 e. The third kappa shape index (κ3) is 4.46. The number of halogens is 1. The van der Waals surface area contributed by atoms with E-state index in [0.29, 0.717) is 4.88 Å². The van der Waals surface area contributed by atoms with Crippen LogP contribution in [-0.4, -0.2) is 24.3 Å². The lowest BCUT2D eigenvalue weighted by atomic mass is 10.2. The monoisotopic (exact) mass is 335 g/mol. The molecule has 23 heavy (non-hydrogen) atoms. The van der Waals surface area contributed by atoms with E-state index < -0.39 is 24.3 Å². The Morgan fingerprint density at radius 3 is 2.48 bits per heavy atom. The molecule has 1 aromatic carbocycles. The van der Waals surface area contributed by atoms with Crippen LogP contribution in [0.25, 0.3) is 0 Å². The van der Waals surface area contributed by atoms with Gasteiger partial charge in [-0.25, -0.2) is 9.18 Å². The molecule has 0 saturated carbocycles. The highest BCUT2D eigenvalue weighted by Gasteiger charge is 2.15. The number of ketones is 1. The molecule has 2 aromatic rings. The van der Waals surface area contributed by atoms with Crippen molar-refractivity contribution in [1.29, 1.82) is 0 Å². The number of anilines is 1. The molecule has 0 fully saturated rings. The maximum atomic E-state index is 13.6. The fourth-order valence-electron chi connectivity index (χ4n) is 1.75. The first-order valence-corrected chi connectivity index (χ1v) is 7.52. The molecule has 0 atom stereocenters. The van der Waals surface area contributed by atoms with E-state index in [9.17, 15) is 18.8 Å². The molecule has 7 heteroatoms. The average Bonchev–Trinajstić information content (AvgIpc) is 2.98. The van der Waals surface area contributed by atoms with Gasteiger partial charge in [-0.15, -0.1) is 11.3 Å². The van der Waals surface area contributed by atoms with Crippen molar-refractivity contribution in [3.05, 3.63) is 51.5 Å². The molecule has 2 rings (SSSR count). The molecule has 0 aliphatic rings. The van der Waals surface area contributed by atoms with Crippen molar-refractivity contribution in [3.8, 4) is 0 Å².